The number of amides is 1. The Bertz CT molecular complexity index is 1230. The van der Waals surface area contributed by atoms with Crippen LogP contribution in [0.3, 0.4) is 0 Å². The molecular weight excluding hydrogens is 448 g/mol. The Morgan fingerprint density at radius 1 is 1.03 bits per heavy atom. The average Bonchev–Trinajstić information content (AvgIpc) is 3.17. The molecule has 3 aromatic rings. The van der Waals surface area contributed by atoms with Crippen molar-refractivity contribution in [3.8, 4) is 0 Å². The summed E-state index contributed by atoms with van der Waals surface area (Å²) in [5, 5.41) is 1.12. The largest absolute Gasteiger partial charge is 0.465 e. The molecule has 1 amide bonds. The number of hydrogen-bond donors (Lipinski definition) is 0. The van der Waals surface area contributed by atoms with Crippen LogP contribution in [0.15, 0.2) is 53.4 Å². The summed E-state index contributed by atoms with van der Waals surface area (Å²) in [5.74, 6) is -0.796. The highest BCUT2D eigenvalue weighted by Gasteiger charge is 2.32. The molecule has 0 saturated heterocycles. The number of fused-ring (bicyclic) bond motifs is 1. The summed E-state index contributed by atoms with van der Waals surface area (Å²) in [6.07, 6.45) is 1.42. The van der Waals surface area contributed by atoms with E-state index in [1.807, 2.05) is 31.2 Å². The molecule has 32 heavy (non-hydrogen) atoms. The van der Waals surface area contributed by atoms with E-state index in [1.54, 1.807) is 14.1 Å². The lowest BCUT2D eigenvalue weighted by atomic mass is 10.1. The van der Waals surface area contributed by atoms with E-state index in [0.717, 1.165) is 16.5 Å². The van der Waals surface area contributed by atoms with Crippen LogP contribution in [0.25, 0.3) is 10.1 Å². The molecule has 9 heteroatoms. The summed E-state index contributed by atoms with van der Waals surface area (Å²) < 4.78 is 34.3. The number of thiophene rings is 1. The van der Waals surface area contributed by atoms with Crippen molar-refractivity contribution in [2.24, 2.45) is 0 Å². The van der Waals surface area contributed by atoms with Crippen LogP contribution in [0.1, 0.15) is 40.5 Å². The second-order valence-electron chi connectivity index (χ2n) is 7.42. The number of sulfonamides is 1. The lowest BCUT2D eigenvalue weighted by Crippen LogP contribution is -2.33. The van der Waals surface area contributed by atoms with Crippen molar-refractivity contribution in [2.75, 3.05) is 32.1 Å². The zero-order valence-corrected chi connectivity index (χ0v) is 20.1. The van der Waals surface area contributed by atoms with Crippen molar-refractivity contribution in [3.05, 3.63) is 59.7 Å². The summed E-state index contributed by atoms with van der Waals surface area (Å²) in [6.45, 7) is 2.21. The van der Waals surface area contributed by atoms with Crippen LogP contribution in [0.4, 0.5) is 5.00 Å². The number of methoxy groups -OCH3 is 1. The third-order valence-electron chi connectivity index (χ3n) is 5.00. The van der Waals surface area contributed by atoms with Crippen molar-refractivity contribution in [1.29, 1.82) is 0 Å². The minimum atomic E-state index is -3.98. The number of nitrogens with zero attached hydrogens (tertiary/aromatic N) is 2. The maximum absolute atomic E-state index is 13.7. The smallest absolute Gasteiger partial charge is 0.337 e. The summed E-state index contributed by atoms with van der Waals surface area (Å²) in [5.41, 5.74) is 0.637. The average molecular weight is 475 g/mol. The number of rotatable bonds is 8. The molecule has 1 heterocycles. The molecule has 0 aliphatic heterocycles. The van der Waals surface area contributed by atoms with Gasteiger partial charge in [-0.2, -0.15) is 0 Å². The highest BCUT2D eigenvalue weighted by Crippen LogP contribution is 2.41. The van der Waals surface area contributed by atoms with Crippen molar-refractivity contribution in [2.45, 2.75) is 24.7 Å². The first-order valence-corrected chi connectivity index (χ1v) is 12.4. The number of ether oxygens (including phenoxy) is 1. The Labute approximate surface area is 192 Å². The third kappa shape index (κ3) is 4.49. The number of carbonyl (C=O) groups excluding carboxylic acids is 2. The van der Waals surface area contributed by atoms with Gasteiger partial charge in [0.15, 0.2) is 0 Å². The molecule has 0 bridgehead atoms. The summed E-state index contributed by atoms with van der Waals surface area (Å²) in [4.78, 5) is 26.3. The van der Waals surface area contributed by atoms with E-state index >= 15 is 0 Å². The fraction of sp³-hybridized carbons (Fsp3) is 0.304. The molecule has 0 aliphatic rings. The Balaban J connectivity index is 2.18. The molecule has 1 aromatic heterocycles. The van der Waals surface area contributed by atoms with Crippen LogP contribution < -0.4 is 4.31 Å². The number of hydrogen-bond acceptors (Lipinski definition) is 6. The Morgan fingerprint density at radius 2 is 1.69 bits per heavy atom. The van der Waals surface area contributed by atoms with E-state index in [0.29, 0.717) is 17.0 Å². The first-order chi connectivity index (χ1) is 15.2. The van der Waals surface area contributed by atoms with Gasteiger partial charge in [0, 0.05) is 30.7 Å². The molecule has 3 rings (SSSR count). The fourth-order valence-corrected chi connectivity index (χ4v) is 6.23. The van der Waals surface area contributed by atoms with Gasteiger partial charge in [-0.25, -0.2) is 13.2 Å². The van der Waals surface area contributed by atoms with Crippen LogP contribution in [0.2, 0.25) is 0 Å². The van der Waals surface area contributed by atoms with Crippen molar-refractivity contribution in [3.63, 3.8) is 0 Å². The second kappa shape index (κ2) is 9.70. The quantitative estimate of drug-likeness (QED) is 0.452. The van der Waals surface area contributed by atoms with E-state index in [-0.39, 0.29) is 22.9 Å². The molecule has 0 spiro atoms. The fourth-order valence-electron chi connectivity index (χ4n) is 3.28. The molecule has 0 saturated carbocycles. The van der Waals surface area contributed by atoms with Crippen molar-refractivity contribution >= 4 is 48.3 Å². The van der Waals surface area contributed by atoms with Gasteiger partial charge in [-0.3, -0.25) is 9.10 Å². The van der Waals surface area contributed by atoms with Gasteiger partial charge >= 0.3 is 5.97 Å². The molecular formula is C23H26N2O5S2. The Hall–Kier alpha value is -2.91. The van der Waals surface area contributed by atoms with Gasteiger partial charge in [-0.15, -0.1) is 11.3 Å². The lowest BCUT2D eigenvalue weighted by molar-refractivity contribution is 0.0600. The zero-order valence-electron chi connectivity index (χ0n) is 18.5. The van der Waals surface area contributed by atoms with Crippen LogP contribution in [-0.4, -0.2) is 52.9 Å². The van der Waals surface area contributed by atoms with Gasteiger partial charge in [0.2, 0.25) is 0 Å². The highest BCUT2D eigenvalue weighted by atomic mass is 32.2. The first-order valence-electron chi connectivity index (χ1n) is 10.2. The molecule has 0 radical (unpaired) electrons. The molecule has 2 aromatic carbocycles. The minimum absolute atomic E-state index is 0.0435. The van der Waals surface area contributed by atoms with Crippen LogP contribution >= 0.6 is 11.3 Å². The Kier molecular flexibility index (Phi) is 7.20. The van der Waals surface area contributed by atoms with Gasteiger partial charge in [0.25, 0.3) is 15.9 Å². The van der Waals surface area contributed by atoms with E-state index in [2.05, 4.69) is 0 Å². The minimum Gasteiger partial charge on any atom is -0.465 e. The van der Waals surface area contributed by atoms with E-state index in [4.69, 9.17) is 4.74 Å². The Morgan fingerprint density at radius 3 is 2.28 bits per heavy atom. The standard InChI is InChI=1S/C23H26N2O5S2/c1-5-6-15-25(32(28,29)17-13-11-16(12-14-17)23(27)30-4)22-20(21(26)24(2)3)18-9-7-8-10-19(18)31-22/h7-14H,5-6,15H2,1-4H3. The number of carbonyl (C=O) groups is 2. The predicted molar refractivity (Wildman–Crippen MR) is 127 cm³/mol. The number of anilines is 1. The number of benzene rings is 2. The molecule has 0 unspecified atom stereocenters. The predicted octanol–water partition coefficient (Wildman–Crippen LogP) is 4.39. The second-order valence-corrected chi connectivity index (χ2v) is 10.3. The van der Waals surface area contributed by atoms with Crippen molar-refractivity contribution < 1.29 is 22.7 Å². The summed E-state index contributed by atoms with van der Waals surface area (Å²) >= 11 is 1.29. The molecule has 7 nitrogen and oxygen atoms in total. The molecule has 0 aliphatic carbocycles. The normalized spacial score (nSPS) is 11.4. The van der Waals surface area contributed by atoms with Gasteiger partial charge < -0.3 is 9.64 Å². The number of esters is 1. The van der Waals surface area contributed by atoms with Gasteiger partial charge in [-0.05, 0) is 36.8 Å². The van der Waals surface area contributed by atoms with Crippen molar-refractivity contribution in [1.82, 2.24) is 4.90 Å². The molecule has 0 fully saturated rings. The van der Waals surface area contributed by atoms with Gasteiger partial charge in [0.1, 0.15) is 5.00 Å². The summed E-state index contributed by atoms with van der Waals surface area (Å²) in [7, 11) is 0.580. The number of unbranched alkanes of at least 4 members (excludes halogenated alkanes) is 1. The molecule has 0 atom stereocenters. The van der Waals surface area contributed by atoms with Gasteiger partial charge in [0.05, 0.1) is 23.1 Å². The van der Waals surface area contributed by atoms with Crippen LogP contribution in [0, 0.1) is 0 Å². The van der Waals surface area contributed by atoms with E-state index in [1.165, 1.54) is 51.9 Å². The monoisotopic (exact) mass is 474 g/mol. The van der Waals surface area contributed by atoms with Crippen LogP contribution in [-0.2, 0) is 14.8 Å². The van der Waals surface area contributed by atoms with Gasteiger partial charge in [-0.1, -0.05) is 31.5 Å². The highest BCUT2D eigenvalue weighted by molar-refractivity contribution is 7.93. The zero-order chi connectivity index (χ0) is 23.5. The van der Waals surface area contributed by atoms with Crippen LogP contribution in [0.5, 0.6) is 0 Å². The maximum Gasteiger partial charge on any atom is 0.337 e. The third-order valence-corrected chi connectivity index (χ3v) is 8.12. The maximum atomic E-state index is 13.7. The van der Waals surface area contributed by atoms with E-state index < -0.39 is 16.0 Å². The van der Waals surface area contributed by atoms with E-state index in [9.17, 15) is 18.0 Å². The lowest BCUT2D eigenvalue weighted by Gasteiger charge is -2.25. The molecule has 170 valence electrons. The summed E-state index contributed by atoms with van der Waals surface area (Å²) in [6, 6.07) is 13.0. The first kappa shape index (κ1) is 23.7. The SMILES string of the molecule is CCCCN(c1sc2ccccc2c1C(=O)N(C)C)S(=O)(=O)c1ccc(C(=O)OC)cc1. The topological polar surface area (TPSA) is 84.0 Å². The molecule has 0 N–H and O–H groups in total.